The van der Waals surface area contributed by atoms with E-state index in [9.17, 15) is 22.4 Å². The van der Waals surface area contributed by atoms with E-state index in [0.29, 0.717) is 68.1 Å². The van der Waals surface area contributed by atoms with Crippen molar-refractivity contribution < 1.29 is 40.6 Å². The molecule has 9 heteroatoms. The maximum Gasteiger partial charge on any atom is 0.341 e. The Hall–Kier alpha value is -3.75. The Labute approximate surface area is 259 Å². The van der Waals surface area contributed by atoms with E-state index < -0.39 is 58.5 Å². The fourth-order valence-electron chi connectivity index (χ4n) is 6.53. The summed E-state index contributed by atoms with van der Waals surface area (Å²) < 4.78 is 99.2. The van der Waals surface area contributed by atoms with Gasteiger partial charge < -0.3 is 9.47 Å². The van der Waals surface area contributed by atoms with Gasteiger partial charge in [0.2, 0.25) is 5.82 Å². The summed E-state index contributed by atoms with van der Waals surface area (Å²) in [5, 5.41) is 0. The highest BCUT2D eigenvalue weighted by molar-refractivity contribution is 5.90. The molecule has 45 heavy (non-hydrogen) atoms. The molecule has 0 heterocycles. The molecule has 1 saturated carbocycles. The van der Waals surface area contributed by atoms with Gasteiger partial charge >= 0.3 is 5.97 Å². The minimum atomic E-state index is -1.30. The number of aryl methyl sites for hydroxylation is 1. The summed E-state index contributed by atoms with van der Waals surface area (Å²) in [5.41, 5.74) is 0.914. The van der Waals surface area contributed by atoms with Gasteiger partial charge in [0, 0.05) is 5.56 Å². The normalized spacial score (nSPS) is 20.1. The minimum absolute atomic E-state index is 0.0948. The molecule has 0 spiro atoms. The second-order valence-electron chi connectivity index (χ2n) is 11.8. The van der Waals surface area contributed by atoms with E-state index in [2.05, 4.69) is 0 Å². The maximum absolute atomic E-state index is 15.2. The number of ether oxygens (including phenoxy) is 2. The number of esters is 1. The lowest BCUT2D eigenvalue weighted by Crippen LogP contribution is -2.25. The van der Waals surface area contributed by atoms with Crippen molar-refractivity contribution >= 4 is 11.5 Å². The number of halogens is 6. The average molecular weight is 631 g/mol. The third kappa shape index (κ3) is 6.77. The largest absolute Gasteiger partial charge is 0.491 e. The van der Waals surface area contributed by atoms with Gasteiger partial charge in [-0.3, -0.25) is 0 Å². The SMILES string of the molecule is CCCc1ccc(C2CCC(OC(=O)c3ccc(C4CC=C(c5ccc(OCC)c(F)c5F)CC4)c(F)c3F)CC2)c(F)c1F. The summed E-state index contributed by atoms with van der Waals surface area (Å²) in [4.78, 5) is 12.8. The summed E-state index contributed by atoms with van der Waals surface area (Å²) in [5.74, 6) is -7.97. The van der Waals surface area contributed by atoms with Gasteiger partial charge in [0.15, 0.2) is 34.8 Å². The van der Waals surface area contributed by atoms with E-state index in [-0.39, 0.29) is 35.8 Å². The Balaban J connectivity index is 1.21. The van der Waals surface area contributed by atoms with Crippen molar-refractivity contribution in [1.29, 1.82) is 0 Å². The summed E-state index contributed by atoms with van der Waals surface area (Å²) >= 11 is 0. The lowest BCUT2D eigenvalue weighted by molar-refractivity contribution is 0.0188. The fourth-order valence-corrected chi connectivity index (χ4v) is 6.53. The quantitative estimate of drug-likeness (QED) is 0.174. The monoisotopic (exact) mass is 630 g/mol. The van der Waals surface area contributed by atoms with Crippen LogP contribution in [0.25, 0.3) is 5.57 Å². The van der Waals surface area contributed by atoms with Crippen molar-refractivity contribution in [2.45, 2.75) is 89.6 Å². The van der Waals surface area contributed by atoms with Gasteiger partial charge in [-0.2, -0.15) is 4.39 Å². The van der Waals surface area contributed by atoms with Crippen LogP contribution < -0.4 is 4.74 Å². The van der Waals surface area contributed by atoms with Gasteiger partial charge in [0.25, 0.3) is 0 Å². The number of rotatable bonds is 9. The van der Waals surface area contributed by atoms with Crippen LogP contribution in [0.15, 0.2) is 42.5 Å². The van der Waals surface area contributed by atoms with Crippen molar-refractivity contribution in [3.05, 3.63) is 105 Å². The van der Waals surface area contributed by atoms with Gasteiger partial charge in [-0.05, 0) is 111 Å². The van der Waals surface area contributed by atoms with Crippen LogP contribution in [0.5, 0.6) is 5.75 Å². The lowest BCUT2D eigenvalue weighted by atomic mass is 9.81. The second-order valence-corrected chi connectivity index (χ2v) is 11.8. The first-order chi connectivity index (χ1) is 21.6. The number of hydrogen-bond acceptors (Lipinski definition) is 3. The number of carbonyl (C=O) groups excluding carboxylic acids is 1. The third-order valence-electron chi connectivity index (χ3n) is 8.97. The van der Waals surface area contributed by atoms with Crippen LogP contribution in [-0.2, 0) is 11.2 Å². The molecule has 0 saturated heterocycles. The Bertz CT molecular complexity index is 1590. The lowest BCUT2D eigenvalue weighted by Gasteiger charge is -2.29. The van der Waals surface area contributed by atoms with Gasteiger partial charge in [0.1, 0.15) is 6.10 Å². The van der Waals surface area contributed by atoms with Crippen LogP contribution in [0.4, 0.5) is 26.3 Å². The Morgan fingerprint density at radius 3 is 2.09 bits per heavy atom. The summed E-state index contributed by atoms with van der Waals surface area (Å²) in [6.45, 7) is 3.76. The van der Waals surface area contributed by atoms with Gasteiger partial charge in [0.05, 0.1) is 12.2 Å². The Kier molecular flexibility index (Phi) is 10.2. The van der Waals surface area contributed by atoms with E-state index in [1.54, 1.807) is 25.1 Å². The molecule has 0 amide bonds. The Morgan fingerprint density at radius 2 is 1.42 bits per heavy atom. The molecule has 0 N–H and O–H groups in total. The van der Waals surface area contributed by atoms with Crippen LogP contribution >= 0.6 is 0 Å². The molecule has 2 aliphatic rings. The minimum Gasteiger partial charge on any atom is -0.491 e. The molecule has 3 aromatic rings. The number of allylic oxidation sites excluding steroid dienone is 2. The highest BCUT2D eigenvalue weighted by Gasteiger charge is 2.31. The molecule has 2 aliphatic carbocycles. The first kappa shape index (κ1) is 32.6. The molecule has 1 atom stereocenters. The molecule has 0 radical (unpaired) electrons. The number of carbonyl (C=O) groups is 1. The molecule has 1 unspecified atom stereocenters. The van der Waals surface area contributed by atoms with E-state index in [0.717, 1.165) is 0 Å². The molecule has 1 fully saturated rings. The first-order valence-corrected chi connectivity index (χ1v) is 15.6. The van der Waals surface area contributed by atoms with Crippen molar-refractivity contribution in [2.24, 2.45) is 0 Å². The molecule has 0 bridgehead atoms. The van der Waals surface area contributed by atoms with Crippen molar-refractivity contribution in [3.63, 3.8) is 0 Å². The second kappa shape index (κ2) is 14.1. The fraction of sp³-hybridized carbons (Fsp3) is 0.417. The highest BCUT2D eigenvalue weighted by atomic mass is 19.2. The predicted octanol–water partition coefficient (Wildman–Crippen LogP) is 10.1. The zero-order valence-electron chi connectivity index (χ0n) is 25.3. The average Bonchev–Trinajstić information content (AvgIpc) is 3.04. The molecule has 5 rings (SSSR count). The topological polar surface area (TPSA) is 35.5 Å². The van der Waals surface area contributed by atoms with Crippen LogP contribution in [0.2, 0.25) is 0 Å². The number of benzene rings is 3. The molecule has 3 nitrogen and oxygen atoms in total. The highest BCUT2D eigenvalue weighted by Crippen LogP contribution is 2.40. The smallest absolute Gasteiger partial charge is 0.341 e. The van der Waals surface area contributed by atoms with E-state index in [1.807, 2.05) is 6.92 Å². The molecular formula is C36H36F6O3. The zero-order chi connectivity index (χ0) is 32.2. The molecule has 0 aromatic heterocycles. The van der Waals surface area contributed by atoms with Crippen LogP contribution in [-0.4, -0.2) is 18.7 Å². The van der Waals surface area contributed by atoms with E-state index >= 15 is 8.78 Å². The molecular weight excluding hydrogens is 594 g/mol. The number of hydrogen-bond donors (Lipinski definition) is 0. The molecule has 0 aliphatic heterocycles. The molecule has 240 valence electrons. The van der Waals surface area contributed by atoms with Crippen molar-refractivity contribution in [1.82, 2.24) is 0 Å². The standard InChI is InChI=1S/C36H36F6O3/c1-3-5-23-12-15-25(31(38)30(23)37)22-10-13-24(14-11-22)45-36(43)28-17-16-26(32(39)34(28)41)20-6-8-21(9-7-20)27-18-19-29(44-4-2)35(42)33(27)40/h8,12,15-20,22,24H,3-7,9-11,13-14H2,1-2H3. The van der Waals surface area contributed by atoms with Gasteiger partial charge in [-0.1, -0.05) is 37.6 Å². The van der Waals surface area contributed by atoms with E-state index in [1.165, 1.54) is 24.3 Å². The maximum atomic E-state index is 15.2. The van der Waals surface area contributed by atoms with Crippen LogP contribution in [0, 0.1) is 34.9 Å². The summed E-state index contributed by atoms with van der Waals surface area (Å²) in [6, 6.07) is 8.64. The van der Waals surface area contributed by atoms with Crippen molar-refractivity contribution in [3.8, 4) is 5.75 Å². The van der Waals surface area contributed by atoms with E-state index in [4.69, 9.17) is 9.47 Å². The summed E-state index contributed by atoms with van der Waals surface area (Å²) in [6.07, 6.45) is 4.95. The van der Waals surface area contributed by atoms with Gasteiger partial charge in [-0.25, -0.2) is 26.7 Å². The van der Waals surface area contributed by atoms with Gasteiger partial charge in [-0.15, -0.1) is 0 Å². The predicted molar refractivity (Wildman–Crippen MR) is 159 cm³/mol. The van der Waals surface area contributed by atoms with Crippen LogP contribution in [0.3, 0.4) is 0 Å². The third-order valence-corrected chi connectivity index (χ3v) is 8.97. The van der Waals surface area contributed by atoms with Crippen molar-refractivity contribution in [2.75, 3.05) is 6.61 Å². The molecule has 3 aromatic carbocycles. The first-order valence-electron chi connectivity index (χ1n) is 15.6. The zero-order valence-corrected chi connectivity index (χ0v) is 25.3. The summed E-state index contributed by atoms with van der Waals surface area (Å²) in [7, 11) is 0. The Morgan fingerprint density at radius 1 is 0.733 bits per heavy atom. The van der Waals surface area contributed by atoms with Crippen LogP contribution in [0.1, 0.15) is 110 Å².